The number of fused-ring (bicyclic) bond motifs is 1. The normalized spacial score (nSPS) is 21.8. The number of aromatic nitrogens is 4. The number of likely N-dealkylation sites (N-methyl/N-ethyl adjacent to an activating group) is 1. The van der Waals surface area contributed by atoms with E-state index in [0.29, 0.717) is 38.3 Å². The second-order valence-electron chi connectivity index (χ2n) is 8.17. The number of morpholine rings is 1. The van der Waals surface area contributed by atoms with Gasteiger partial charge in [-0.05, 0) is 32.9 Å². The lowest BCUT2D eigenvalue weighted by molar-refractivity contribution is -0.139. The van der Waals surface area contributed by atoms with E-state index in [9.17, 15) is 4.79 Å². The molecule has 9 nitrogen and oxygen atoms in total. The highest BCUT2D eigenvalue weighted by atomic mass is 16.5. The molecule has 0 radical (unpaired) electrons. The Morgan fingerprint density at radius 3 is 2.79 bits per heavy atom. The molecule has 0 bridgehead atoms. The van der Waals surface area contributed by atoms with Crippen LogP contribution in [0, 0.1) is 13.8 Å². The molecule has 0 spiro atoms. The molecule has 1 amide bonds. The largest absolute Gasteiger partial charge is 0.373 e. The molecule has 2 aliphatic rings. The predicted molar refractivity (Wildman–Crippen MR) is 109 cm³/mol. The van der Waals surface area contributed by atoms with Gasteiger partial charge in [-0.2, -0.15) is 10.1 Å². The van der Waals surface area contributed by atoms with Crippen molar-refractivity contribution in [3.05, 3.63) is 23.3 Å². The minimum Gasteiger partial charge on any atom is -0.373 e. The van der Waals surface area contributed by atoms with E-state index in [0.717, 1.165) is 49.7 Å². The van der Waals surface area contributed by atoms with E-state index in [1.807, 2.05) is 18.7 Å². The molecule has 0 N–H and O–H groups in total. The molecule has 9 heteroatoms. The third-order valence-electron chi connectivity index (χ3n) is 6.13. The van der Waals surface area contributed by atoms with Gasteiger partial charge in [0.25, 0.3) is 5.78 Å². The second kappa shape index (κ2) is 8.73. The van der Waals surface area contributed by atoms with Gasteiger partial charge in [0.05, 0.1) is 12.7 Å². The summed E-state index contributed by atoms with van der Waals surface area (Å²) in [5.74, 6) is 0.796. The molecule has 2 fully saturated rings. The van der Waals surface area contributed by atoms with E-state index >= 15 is 0 Å². The van der Waals surface area contributed by atoms with Crippen molar-refractivity contribution in [1.82, 2.24) is 34.3 Å². The van der Waals surface area contributed by atoms with Crippen molar-refractivity contribution in [2.45, 2.75) is 32.8 Å². The highest BCUT2D eigenvalue weighted by molar-refractivity contribution is 5.76. The monoisotopic (exact) mass is 401 g/mol. The van der Waals surface area contributed by atoms with Crippen LogP contribution in [0.2, 0.25) is 0 Å². The van der Waals surface area contributed by atoms with Gasteiger partial charge in [0.1, 0.15) is 6.33 Å². The van der Waals surface area contributed by atoms with Crippen molar-refractivity contribution in [1.29, 1.82) is 0 Å². The minimum absolute atomic E-state index is 0.104. The van der Waals surface area contributed by atoms with Crippen LogP contribution < -0.4 is 0 Å². The van der Waals surface area contributed by atoms with Gasteiger partial charge in [0, 0.05) is 63.6 Å². The van der Waals surface area contributed by atoms with E-state index in [1.54, 1.807) is 4.52 Å². The summed E-state index contributed by atoms with van der Waals surface area (Å²) in [6, 6.07) is 0. The van der Waals surface area contributed by atoms with Gasteiger partial charge in [-0.15, -0.1) is 0 Å². The van der Waals surface area contributed by atoms with Crippen LogP contribution in [-0.4, -0.2) is 106 Å². The molecule has 1 atom stereocenters. The number of aryl methyl sites for hydroxylation is 2. The van der Waals surface area contributed by atoms with Crippen LogP contribution in [0.4, 0.5) is 0 Å². The van der Waals surface area contributed by atoms with Crippen molar-refractivity contribution in [3.8, 4) is 0 Å². The molecule has 4 heterocycles. The number of carbonyl (C=O) groups excluding carboxylic acids is 1. The Morgan fingerprint density at radius 2 is 2.00 bits per heavy atom. The van der Waals surface area contributed by atoms with Gasteiger partial charge in [-0.3, -0.25) is 9.69 Å². The molecule has 2 aliphatic heterocycles. The molecule has 29 heavy (non-hydrogen) atoms. The fraction of sp³-hybridized carbons (Fsp3) is 0.700. The van der Waals surface area contributed by atoms with Crippen molar-refractivity contribution in [2.75, 3.05) is 59.5 Å². The number of nitrogens with zero attached hydrogens (tertiary/aromatic N) is 7. The number of rotatable bonds is 5. The number of carbonyl (C=O) groups is 1. The zero-order valence-corrected chi connectivity index (χ0v) is 17.7. The zero-order chi connectivity index (χ0) is 20.4. The van der Waals surface area contributed by atoms with Crippen molar-refractivity contribution >= 4 is 11.7 Å². The van der Waals surface area contributed by atoms with Crippen LogP contribution in [0.25, 0.3) is 5.78 Å². The van der Waals surface area contributed by atoms with Gasteiger partial charge in [0.15, 0.2) is 0 Å². The summed E-state index contributed by atoms with van der Waals surface area (Å²) < 4.78 is 7.69. The Balaban J connectivity index is 1.32. The van der Waals surface area contributed by atoms with E-state index in [1.165, 1.54) is 6.33 Å². The number of ether oxygens (including phenoxy) is 1. The summed E-state index contributed by atoms with van der Waals surface area (Å²) in [5, 5.41) is 4.23. The fourth-order valence-electron chi connectivity index (χ4n) is 4.28. The molecule has 0 aromatic carbocycles. The average Bonchev–Trinajstić information content (AvgIpc) is 3.18. The second-order valence-corrected chi connectivity index (χ2v) is 8.17. The Bertz CT molecular complexity index is 860. The Morgan fingerprint density at radius 1 is 1.21 bits per heavy atom. The van der Waals surface area contributed by atoms with Crippen LogP contribution in [-0.2, 0) is 16.0 Å². The van der Waals surface area contributed by atoms with Gasteiger partial charge in [0.2, 0.25) is 5.91 Å². The lowest BCUT2D eigenvalue weighted by Crippen LogP contribution is -2.52. The number of hydrogen-bond acceptors (Lipinski definition) is 7. The average molecular weight is 402 g/mol. The van der Waals surface area contributed by atoms with Gasteiger partial charge in [-0.25, -0.2) is 9.50 Å². The number of hydrogen-bond donors (Lipinski definition) is 0. The summed E-state index contributed by atoms with van der Waals surface area (Å²) in [4.78, 5) is 28.3. The molecule has 158 valence electrons. The maximum atomic E-state index is 12.9. The Hall–Kier alpha value is -2.10. The van der Waals surface area contributed by atoms with Gasteiger partial charge < -0.3 is 14.5 Å². The molecule has 0 saturated carbocycles. The third kappa shape index (κ3) is 4.57. The minimum atomic E-state index is 0.104. The van der Waals surface area contributed by atoms with Crippen molar-refractivity contribution in [2.24, 2.45) is 0 Å². The highest BCUT2D eigenvalue weighted by Gasteiger charge is 2.27. The van der Waals surface area contributed by atoms with Crippen molar-refractivity contribution in [3.63, 3.8) is 0 Å². The lowest BCUT2D eigenvalue weighted by atomic mass is 10.1. The maximum Gasteiger partial charge on any atom is 0.252 e. The first-order chi connectivity index (χ1) is 14.0. The molecule has 2 aromatic heterocycles. The molecule has 0 aliphatic carbocycles. The summed E-state index contributed by atoms with van der Waals surface area (Å²) in [5.41, 5.74) is 3.01. The van der Waals surface area contributed by atoms with E-state index in [4.69, 9.17) is 4.74 Å². The molecule has 4 rings (SSSR count). The molecule has 2 saturated heterocycles. The first kappa shape index (κ1) is 20.2. The van der Waals surface area contributed by atoms with Gasteiger partial charge >= 0.3 is 0 Å². The summed E-state index contributed by atoms with van der Waals surface area (Å²) in [7, 11) is 2.16. The van der Waals surface area contributed by atoms with Crippen LogP contribution in [0.3, 0.4) is 0 Å². The first-order valence-corrected chi connectivity index (χ1v) is 10.5. The first-order valence-electron chi connectivity index (χ1n) is 10.5. The molecular formula is C20H31N7O2. The SMILES string of the molecule is Cc1nc2ncnn2c(C)c1CCC(=O)N1CCOC(CN2CCN(C)CC2)C1. The summed E-state index contributed by atoms with van der Waals surface area (Å²) in [6.45, 7) is 11.2. The maximum absolute atomic E-state index is 12.9. The smallest absolute Gasteiger partial charge is 0.252 e. The highest BCUT2D eigenvalue weighted by Crippen LogP contribution is 2.17. The lowest BCUT2D eigenvalue weighted by Gasteiger charge is -2.38. The molecule has 1 unspecified atom stereocenters. The summed E-state index contributed by atoms with van der Waals surface area (Å²) in [6.07, 6.45) is 2.76. The van der Waals surface area contributed by atoms with E-state index < -0.39 is 0 Å². The van der Waals surface area contributed by atoms with Crippen molar-refractivity contribution < 1.29 is 9.53 Å². The van der Waals surface area contributed by atoms with E-state index in [2.05, 4.69) is 31.9 Å². The topological polar surface area (TPSA) is 79.1 Å². The number of amides is 1. The predicted octanol–water partition coefficient (Wildman–Crippen LogP) is 0.149. The fourth-order valence-corrected chi connectivity index (χ4v) is 4.28. The van der Waals surface area contributed by atoms with Crippen LogP contribution in [0.5, 0.6) is 0 Å². The number of piperazine rings is 1. The molecule has 2 aromatic rings. The van der Waals surface area contributed by atoms with Crippen LogP contribution in [0.15, 0.2) is 6.33 Å². The zero-order valence-electron chi connectivity index (χ0n) is 17.7. The quantitative estimate of drug-likeness (QED) is 0.706. The molecular weight excluding hydrogens is 370 g/mol. The standard InChI is InChI=1S/C20H31N7O2/c1-15-18(16(2)27-20(23-15)21-14-22-27)4-5-19(28)26-10-11-29-17(13-26)12-25-8-6-24(3)7-9-25/h14,17H,4-13H2,1-3H3. The third-order valence-corrected chi connectivity index (χ3v) is 6.13. The van der Waals surface area contributed by atoms with Crippen LogP contribution >= 0.6 is 0 Å². The Labute approximate surface area is 171 Å². The Kier molecular flexibility index (Phi) is 6.07. The van der Waals surface area contributed by atoms with Gasteiger partial charge in [-0.1, -0.05) is 0 Å². The van der Waals surface area contributed by atoms with E-state index in [-0.39, 0.29) is 12.0 Å². The van der Waals surface area contributed by atoms with Crippen LogP contribution in [0.1, 0.15) is 23.4 Å². The summed E-state index contributed by atoms with van der Waals surface area (Å²) >= 11 is 0.